The molecule has 0 aliphatic rings. The average Bonchev–Trinajstić information content (AvgIpc) is 2.40. The first-order valence-electron chi connectivity index (χ1n) is 7.10. The lowest BCUT2D eigenvalue weighted by Crippen LogP contribution is -2.04. The summed E-state index contributed by atoms with van der Waals surface area (Å²) in [7, 11) is -3.01. The van der Waals surface area contributed by atoms with Gasteiger partial charge >= 0.3 is 7.60 Å². The van der Waals surface area contributed by atoms with E-state index in [0.717, 1.165) is 31.2 Å². The van der Waals surface area contributed by atoms with Crippen LogP contribution in [-0.2, 0) is 9.09 Å². The molecule has 0 aliphatic heterocycles. The molecule has 1 unspecified atom stereocenters. The zero-order valence-corrected chi connectivity index (χ0v) is 13.1. The molecule has 0 N–H and O–H groups in total. The van der Waals surface area contributed by atoms with E-state index >= 15 is 0 Å². The molecule has 3 nitrogen and oxygen atoms in total. The Labute approximate surface area is 116 Å². The van der Waals surface area contributed by atoms with Gasteiger partial charge in [-0.05, 0) is 31.4 Å². The van der Waals surface area contributed by atoms with Crippen LogP contribution in [0.1, 0.15) is 45.1 Å². The monoisotopic (exact) mass is 284 g/mol. The molecule has 1 aromatic carbocycles. The highest BCUT2D eigenvalue weighted by molar-refractivity contribution is 7.54. The fourth-order valence-electron chi connectivity index (χ4n) is 1.64. The van der Waals surface area contributed by atoms with E-state index in [1.54, 1.807) is 0 Å². The zero-order valence-electron chi connectivity index (χ0n) is 12.2. The average molecular weight is 284 g/mol. The molecular weight excluding hydrogens is 259 g/mol. The van der Waals surface area contributed by atoms with Crippen molar-refractivity contribution in [2.24, 2.45) is 0 Å². The van der Waals surface area contributed by atoms with Crippen LogP contribution in [0.15, 0.2) is 24.3 Å². The number of hydrogen-bond donors (Lipinski definition) is 0. The van der Waals surface area contributed by atoms with Crippen LogP contribution in [0.3, 0.4) is 0 Å². The summed E-state index contributed by atoms with van der Waals surface area (Å²) >= 11 is 0. The maximum absolute atomic E-state index is 12.7. The Bertz CT molecular complexity index is 418. The first-order valence-corrected chi connectivity index (χ1v) is 8.83. The van der Waals surface area contributed by atoms with Crippen molar-refractivity contribution >= 4 is 7.60 Å². The molecule has 108 valence electrons. The number of unbranched alkanes of at least 4 members (excludes halogenated alkanes) is 2. The van der Waals surface area contributed by atoms with Gasteiger partial charge in [0.05, 0.1) is 12.8 Å². The Kier molecular flexibility index (Phi) is 7.19. The summed E-state index contributed by atoms with van der Waals surface area (Å²) in [6.45, 7) is 6.61. The van der Waals surface area contributed by atoms with E-state index in [1.165, 1.54) is 0 Å². The number of para-hydroxylation sites is 1. The van der Waals surface area contributed by atoms with E-state index in [2.05, 4.69) is 13.8 Å². The molecule has 0 aromatic heterocycles. The minimum absolute atomic E-state index is 0.488. The van der Waals surface area contributed by atoms with Gasteiger partial charge in [-0.3, -0.25) is 4.52 Å². The Morgan fingerprint density at radius 1 is 1.11 bits per heavy atom. The van der Waals surface area contributed by atoms with Crippen molar-refractivity contribution in [2.75, 3.05) is 12.8 Å². The Hall–Kier alpha value is -0.790. The van der Waals surface area contributed by atoms with Crippen LogP contribution in [-0.4, -0.2) is 12.8 Å². The number of rotatable bonds is 9. The molecule has 1 aromatic rings. The maximum Gasteiger partial charge on any atom is 0.379 e. The van der Waals surface area contributed by atoms with Gasteiger partial charge in [0, 0.05) is 0 Å². The predicted molar refractivity (Wildman–Crippen MR) is 80.0 cm³/mol. The normalized spacial score (nSPS) is 14.1. The lowest BCUT2D eigenvalue weighted by atomic mass is 10.2. The largest absolute Gasteiger partial charge is 0.424 e. The summed E-state index contributed by atoms with van der Waals surface area (Å²) < 4.78 is 24.0. The van der Waals surface area contributed by atoms with Gasteiger partial charge < -0.3 is 4.52 Å². The van der Waals surface area contributed by atoms with E-state index in [-0.39, 0.29) is 0 Å². The second-order valence-corrected chi connectivity index (χ2v) is 6.84. The standard InChI is InChI=1S/C15H25O3P/c1-4-6-12-17-19(16,13-7-5-2)18-15-11-9-8-10-14(15)3/h8-11H,4-7,12-13H2,1-3H3. The third-order valence-corrected chi connectivity index (χ3v) is 4.82. The molecular formula is C15H25O3P. The summed E-state index contributed by atoms with van der Waals surface area (Å²) in [5, 5.41) is 0. The van der Waals surface area contributed by atoms with E-state index < -0.39 is 7.60 Å². The van der Waals surface area contributed by atoms with Crippen molar-refractivity contribution in [3.05, 3.63) is 29.8 Å². The molecule has 0 radical (unpaired) electrons. The van der Waals surface area contributed by atoms with Crippen LogP contribution < -0.4 is 4.52 Å². The van der Waals surface area contributed by atoms with Crippen molar-refractivity contribution in [1.82, 2.24) is 0 Å². The summed E-state index contributed by atoms with van der Waals surface area (Å²) in [5.41, 5.74) is 0.985. The van der Waals surface area contributed by atoms with E-state index in [0.29, 0.717) is 18.5 Å². The number of benzene rings is 1. The van der Waals surface area contributed by atoms with Crippen molar-refractivity contribution in [3.8, 4) is 5.75 Å². The molecule has 1 atom stereocenters. The molecule has 0 aliphatic carbocycles. The molecule has 1 rings (SSSR count). The maximum atomic E-state index is 12.7. The molecule has 0 heterocycles. The molecule has 0 bridgehead atoms. The lowest BCUT2D eigenvalue weighted by molar-refractivity contribution is 0.259. The van der Waals surface area contributed by atoms with E-state index in [1.807, 2.05) is 31.2 Å². The zero-order chi connectivity index (χ0) is 14.1. The Morgan fingerprint density at radius 3 is 2.42 bits per heavy atom. The van der Waals surface area contributed by atoms with Crippen LogP contribution >= 0.6 is 7.60 Å². The minimum atomic E-state index is -3.01. The second kappa shape index (κ2) is 8.39. The molecule has 0 spiro atoms. The topological polar surface area (TPSA) is 35.5 Å². The van der Waals surface area contributed by atoms with Gasteiger partial charge in [-0.1, -0.05) is 44.9 Å². The molecule has 0 fully saturated rings. The third kappa shape index (κ3) is 5.80. The van der Waals surface area contributed by atoms with Crippen molar-refractivity contribution in [1.29, 1.82) is 0 Å². The van der Waals surface area contributed by atoms with E-state index in [4.69, 9.17) is 9.05 Å². The SMILES string of the molecule is CCCCOP(=O)(CCCC)Oc1ccccc1C. The minimum Gasteiger partial charge on any atom is -0.424 e. The fourth-order valence-corrected chi connectivity index (χ4v) is 3.53. The number of hydrogen-bond acceptors (Lipinski definition) is 3. The van der Waals surface area contributed by atoms with E-state index in [9.17, 15) is 4.57 Å². The van der Waals surface area contributed by atoms with Crippen LogP contribution in [0, 0.1) is 6.92 Å². The predicted octanol–water partition coefficient (Wildman–Crippen LogP) is 5.18. The first-order chi connectivity index (χ1) is 9.11. The van der Waals surface area contributed by atoms with Crippen molar-refractivity contribution in [3.63, 3.8) is 0 Å². The second-order valence-electron chi connectivity index (χ2n) is 4.73. The highest BCUT2D eigenvalue weighted by atomic mass is 31.2. The first kappa shape index (κ1) is 16.3. The Morgan fingerprint density at radius 2 is 1.79 bits per heavy atom. The molecule has 4 heteroatoms. The van der Waals surface area contributed by atoms with Gasteiger partial charge in [0.1, 0.15) is 5.75 Å². The van der Waals surface area contributed by atoms with Gasteiger partial charge in [-0.15, -0.1) is 0 Å². The van der Waals surface area contributed by atoms with Gasteiger partial charge in [0.15, 0.2) is 0 Å². The highest BCUT2D eigenvalue weighted by Gasteiger charge is 2.25. The molecule has 0 amide bonds. The van der Waals surface area contributed by atoms with Gasteiger partial charge in [0.2, 0.25) is 0 Å². The highest BCUT2D eigenvalue weighted by Crippen LogP contribution is 2.49. The molecule has 0 saturated heterocycles. The summed E-state index contributed by atoms with van der Waals surface area (Å²) in [6, 6.07) is 7.62. The summed E-state index contributed by atoms with van der Waals surface area (Å²) in [6.07, 6.45) is 4.26. The van der Waals surface area contributed by atoms with Crippen LogP contribution in [0.25, 0.3) is 0 Å². The van der Waals surface area contributed by atoms with Gasteiger partial charge in [-0.2, -0.15) is 0 Å². The Balaban J connectivity index is 2.73. The molecule has 0 saturated carbocycles. The number of aryl methyl sites for hydroxylation is 1. The quantitative estimate of drug-likeness (QED) is 0.463. The van der Waals surface area contributed by atoms with Gasteiger partial charge in [-0.25, -0.2) is 4.57 Å². The van der Waals surface area contributed by atoms with Crippen LogP contribution in [0.4, 0.5) is 0 Å². The lowest BCUT2D eigenvalue weighted by Gasteiger charge is -2.20. The molecule has 19 heavy (non-hydrogen) atoms. The summed E-state index contributed by atoms with van der Waals surface area (Å²) in [5.74, 6) is 0.665. The van der Waals surface area contributed by atoms with Crippen LogP contribution in [0.5, 0.6) is 5.75 Å². The summed E-state index contributed by atoms with van der Waals surface area (Å²) in [4.78, 5) is 0. The smallest absolute Gasteiger partial charge is 0.379 e. The van der Waals surface area contributed by atoms with Crippen LogP contribution in [0.2, 0.25) is 0 Å². The van der Waals surface area contributed by atoms with Crippen molar-refractivity contribution in [2.45, 2.75) is 46.5 Å². The fraction of sp³-hybridized carbons (Fsp3) is 0.600. The van der Waals surface area contributed by atoms with Gasteiger partial charge in [0.25, 0.3) is 0 Å². The van der Waals surface area contributed by atoms with Crippen molar-refractivity contribution < 1.29 is 13.6 Å². The third-order valence-electron chi connectivity index (χ3n) is 2.90.